The summed E-state index contributed by atoms with van der Waals surface area (Å²) >= 11 is 7.77. The Kier molecular flexibility index (Phi) is 7.49. The molecule has 3 aromatic rings. The second-order valence-corrected chi connectivity index (χ2v) is 7.65. The third-order valence-corrected chi connectivity index (χ3v) is 5.43. The van der Waals surface area contributed by atoms with E-state index in [1.807, 2.05) is 36.4 Å². The van der Waals surface area contributed by atoms with Crippen molar-refractivity contribution in [3.05, 3.63) is 64.1 Å². The first kappa shape index (κ1) is 21.1. The van der Waals surface area contributed by atoms with Crippen molar-refractivity contribution < 1.29 is 14.3 Å². The molecule has 2 aromatic carbocycles. The summed E-state index contributed by atoms with van der Waals surface area (Å²) in [5.74, 6) is 1.35. The number of rotatable bonds is 9. The summed E-state index contributed by atoms with van der Waals surface area (Å²) in [6.07, 6.45) is 1.67. The van der Waals surface area contributed by atoms with Crippen LogP contribution in [-0.2, 0) is 6.42 Å². The van der Waals surface area contributed by atoms with Gasteiger partial charge in [-0.15, -0.1) is 11.3 Å². The quantitative estimate of drug-likeness (QED) is 0.504. The Labute approximate surface area is 179 Å². The van der Waals surface area contributed by atoms with Crippen molar-refractivity contribution in [3.8, 4) is 22.1 Å². The Hall–Kier alpha value is -2.57. The molecule has 0 unspecified atom stereocenters. The first-order valence-corrected chi connectivity index (χ1v) is 10.7. The van der Waals surface area contributed by atoms with E-state index in [1.54, 1.807) is 18.6 Å². The molecule has 29 heavy (non-hydrogen) atoms. The zero-order valence-corrected chi connectivity index (χ0v) is 18.0. The van der Waals surface area contributed by atoms with E-state index in [4.69, 9.17) is 21.1 Å². The van der Waals surface area contributed by atoms with Crippen LogP contribution in [0.15, 0.2) is 47.8 Å². The van der Waals surface area contributed by atoms with Crippen LogP contribution in [-0.4, -0.2) is 31.2 Å². The van der Waals surface area contributed by atoms with E-state index in [1.165, 1.54) is 11.3 Å². The number of carbonyl (C=O) groups is 1. The molecular weight excluding hydrogens is 408 g/mol. The number of hydrogen-bond acceptors (Lipinski definition) is 5. The molecule has 0 aliphatic carbocycles. The van der Waals surface area contributed by atoms with Gasteiger partial charge in [-0.1, -0.05) is 30.7 Å². The average Bonchev–Trinajstić information content (AvgIpc) is 3.23. The van der Waals surface area contributed by atoms with Crippen molar-refractivity contribution in [1.82, 2.24) is 10.3 Å². The molecule has 1 N–H and O–H groups in total. The fourth-order valence-electron chi connectivity index (χ4n) is 2.68. The van der Waals surface area contributed by atoms with Crippen LogP contribution in [0.4, 0.5) is 0 Å². The zero-order chi connectivity index (χ0) is 20.6. The summed E-state index contributed by atoms with van der Waals surface area (Å²) < 4.78 is 10.7. The number of aromatic nitrogens is 1. The van der Waals surface area contributed by atoms with Crippen LogP contribution in [0.25, 0.3) is 10.6 Å². The lowest BCUT2D eigenvalue weighted by Gasteiger charge is -2.07. The van der Waals surface area contributed by atoms with Gasteiger partial charge < -0.3 is 14.8 Å². The number of amides is 1. The Morgan fingerprint density at radius 2 is 1.93 bits per heavy atom. The molecule has 5 nitrogen and oxygen atoms in total. The molecule has 0 atom stereocenters. The van der Waals surface area contributed by atoms with Crippen molar-refractivity contribution in [2.75, 3.05) is 20.3 Å². The van der Waals surface area contributed by atoms with Gasteiger partial charge >= 0.3 is 0 Å². The van der Waals surface area contributed by atoms with E-state index in [9.17, 15) is 4.79 Å². The topological polar surface area (TPSA) is 60.5 Å². The summed E-state index contributed by atoms with van der Waals surface area (Å²) in [4.78, 5) is 16.8. The number of nitrogens with one attached hydrogen (secondary N) is 1. The number of ether oxygens (including phenoxy) is 2. The molecule has 0 saturated heterocycles. The van der Waals surface area contributed by atoms with Gasteiger partial charge in [0.25, 0.3) is 5.91 Å². The van der Waals surface area contributed by atoms with Crippen molar-refractivity contribution in [1.29, 1.82) is 0 Å². The highest BCUT2D eigenvalue weighted by molar-refractivity contribution is 7.13. The molecule has 0 bridgehead atoms. The second kappa shape index (κ2) is 10.3. The fraction of sp³-hybridized carbons (Fsp3) is 0.273. The van der Waals surface area contributed by atoms with E-state index < -0.39 is 0 Å². The smallest absolute Gasteiger partial charge is 0.270 e. The molecular formula is C22H23ClN2O3S. The molecule has 0 saturated carbocycles. The molecule has 7 heteroatoms. The van der Waals surface area contributed by atoms with Crippen molar-refractivity contribution in [2.45, 2.75) is 19.8 Å². The van der Waals surface area contributed by atoms with E-state index in [-0.39, 0.29) is 5.91 Å². The van der Waals surface area contributed by atoms with Crippen LogP contribution < -0.4 is 14.8 Å². The summed E-state index contributed by atoms with van der Waals surface area (Å²) in [6, 6.07) is 13.3. The van der Waals surface area contributed by atoms with Gasteiger partial charge in [-0.05, 0) is 48.7 Å². The van der Waals surface area contributed by atoms with Crippen molar-refractivity contribution in [2.24, 2.45) is 0 Å². The zero-order valence-electron chi connectivity index (χ0n) is 16.4. The number of hydrogen-bond donors (Lipinski definition) is 1. The molecule has 1 heterocycles. The highest BCUT2D eigenvalue weighted by atomic mass is 35.5. The van der Waals surface area contributed by atoms with Gasteiger partial charge in [-0.2, -0.15) is 0 Å². The second-order valence-electron chi connectivity index (χ2n) is 6.38. The predicted octanol–water partition coefficient (Wildman–Crippen LogP) is 5.23. The van der Waals surface area contributed by atoms with Crippen LogP contribution >= 0.6 is 22.9 Å². The van der Waals surface area contributed by atoms with Gasteiger partial charge in [0.15, 0.2) is 0 Å². The molecule has 3 rings (SSSR count). The summed E-state index contributed by atoms with van der Waals surface area (Å²) in [6.45, 7) is 3.23. The first-order valence-electron chi connectivity index (χ1n) is 9.40. The Bertz CT molecular complexity index is 957. The Balaban J connectivity index is 1.58. The highest BCUT2D eigenvalue weighted by Gasteiger charge is 2.14. The number of benzene rings is 2. The normalized spacial score (nSPS) is 10.6. The number of nitrogens with zero attached hydrogens (tertiary/aromatic N) is 1. The molecule has 0 spiro atoms. The standard InChI is InChI=1S/C22H23ClN2O3S/c1-3-12-28-17-8-9-18(19(23)13-17)22-25-20(14-29-22)21(26)24-11-10-15-4-6-16(27-2)7-5-15/h4-9,13-14H,3,10-12H2,1-2H3,(H,24,26). The van der Waals surface area contributed by atoms with E-state index >= 15 is 0 Å². The molecule has 0 fully saturated rings. The summed E-state index contributed by atoms with van der Waals surface area (Å²) in [5.41, 5.74) is 2.31. The minimum atomic E-state index is -0.194. The predicted molar refractivity (Wildman–Crippen MR) is 117 cm³/mol. The van der Waals surface area contributed by atoms with Gasteiger partial charge in [0.05, 0.1) is 18.7 Å². The van der Waals surface area contributed by atoms with Gasteiger partial charge in [0, 0.05) is 17.5 Å². The fourth-order valence-corrected chi connectivity index (χ4v) is 3.84. The van der Waals surface area contributed by atoms with Crippen molar-refractivity contribution >= 4 is 28.8 Å². The molecule has 1 aromatic heterocycles. The number of carbonyl (C=O) groups excluding carboxylic acids is 1. The number of methoxy groups -OCH3 is 1. The maximum atomic E-state index is 12.4. The summed E-state index contributed by atoms with van der Waals surface area (Å²) in [7, 11) is 1.64. The molecule has 1 amide bonds. The van der Waals surface area contributed by atoms with E-state index in [2.05, 4.69) is 17.2 Å². The monoisotopic (exact) mass is 430 g/mol. The van der Waals surface area contributed by atoms with Gasteiger partial charge in [0.1, 0.15) is 22.2 Å². The lowest BCUT2D eigenvalue weighted by atomic mass is 10.1. The molecule has 0 radical (unpaired) electrons. The van der Waals surface area contributed by atoms with Crippen LogP contribution in [0.5, 0.6) is 11.5 Å². The third kappa shape index (κ3) is 5.71. The van der Waals surface area contributed by atoms with Crippen LogP contribution in [0.3, 0.4) is 0 Å². The molecule has 0 aliphatic rings. The lowest BCUT2D eigenvalue weighted by Crippen LogP contribution is -2.25. The number of halogens is 1. The van der Waals surface area contributed by atoms with Gasteiger partial charge in [-0.25, -0.2) is 4.98 Å². The Morgan fingerprint density at radius 3 is 2.62 bits per heavy atom. The SMILES string of the molecule is CCCOc1ccc(-c2nc(C(=O)NCCc3ccc(OC)cc3)cs2)c(Cl)c1. The van der Waals surface area contributed by atoms with E-state index in [0.717, 1.165) is 35.5 Å². The third-order valence-electron chi connectivity index (χ3n) is 4.24. The van der Waals surface area contributed by atoms with Gasteiger partial charge in [0.2, 0.25) is 0 Å². The minimum absolute atomic E-state index is 0.194. The van der Waals surface area contributed by atoms with Crippen LogP contribution in [0.2, 0.25) is 5.02 Å². The number of thiazole rings is 1. The summed E-state index contributed by atoms with van der Waals surface area (Å²) in [5, 5.41) is 5.92. The highest BCUT2D eigenvalue weighted by Crippen LogP contribution is 2.33. The van der Waals surface area contributed by atoms with Crippen LogP contribution in [0.1, 0.15) is 29.4 Å². The molecule has 0 aliphatic heterocycles. The van der Waals surface area contributed by atoms with Gasteiger partial charge in [-0.3, -0.25) is 4.79 Å². The Morgan fingerprint density at radius 1 is 1.17 bits per heavy atom. The minimum Gasteiger partial charge on any atom is -0.497 e. The lowest BCUT2D eigenvalue weighted by molar-refractivity contribution is 0.0950. The van der Waals surface area contributed by atoms with E-state index in [0.29, 0.717) is 28.9 Å². The maximum absolute atomic E-state index is 12.4. The van der Waals surface area contributed by atoms with Crippen molar-refractivity contribution in [3.63, 3.8) is 0 Å². The van der Waals surface area contributed by atoms with Crippen LogP contribution in [0, 0.1) is 0 Å². The largest absolute Gasteiger partial charge is 0.497 e. The molecule has 152 valence electrons. The maximum Gasteiger partial charge on any atom is 0.270 e. The first-order chi connectivity index (χ1) is 14.1. The average molecular weight is 431 g/mol.